The molecule has 0 atom stereocenters. The van der Waals surface area contributed by atoms with Crippen LogP contribution in [0.5, 0.6) is 0 Å². The second-order valence-electron chi connectivity index (χ2n) is 2.89. The Bertz CT molecular complexity index is 394. The van der Waals surface area contributed by atoms with Gasteiger partial charge in [-0.2, -0.15) is 4.99 Å². The van der Waals surface area contributed by atoms with Crippen molar-refractivity contribution < 1.29 is 4.79 Å². The molecule has 0 unspecified atom stereocenters. The Morgan fingerprint density at radius 2 is 1.80 bits per heavy atom. The third kappa shape index (κ3) is 3.00. The smallest absolute Gasteiger partial charge is 0.267 e. The Balaban J connectivity index is 2.14. The molecule has 78 valence electrons. The van der Waals surface area contributed by atoms with Gasteiger partial charge in [0.1, 0.15) is 4.38 Å². The molecule has 2 rings (SSSR count). The van der Waals surface area contributed by atoms with E-state index >= 15 is 0 Å². The maximum absolute atomic E-state index is 11.7. The van der Waals surface area contributed by atoms with Gasteiger partial charge in [-0.3, -0.25) is 4.79 Å². The second-order valence-corrected chi connectivity index (χ2v) is 5.75. The summed E-state index contributed by atoms with van der Waals surface area (Å²) in [4.78, 5) is 15.7. The Labute approximate surface area is 101 Å². The summed E-state index contributed by atoms with van der Waals surface area (Å²) < 4.78 is 0.870. The van der Waals surface area contributed by atoms with E-state index in [-0.39, 0.29) is 5.91 Å². The van der Waals surface area contributed by atoms with Crippen LogP contribution in [0.25, 0.3) is 0 Å². The zero-order valence-electron chi connectivity index (χ0n) is 7.77. The average Bonchev–Trinajstić information content (AvgIpc) is 2.71. The molecule has 0 aromatic heterocycles. The van der Waals surface area contributed by atoms with Crippen LogP contribution in [0.4, 0.5) is 0 Å². The van der Waals surface area contributed by atoms with Gasteiger partial charge in [-0.05, 0) is 24.3 Å². The fraction of sp³-hybridized carbons (Fsp3) is 0.200. The van der Waals surface area contributed by atoms with Gasteiger partial charge in [0.15, 0.2) is 0 Å². The van der Waals surface area contributed by atoms with Crippen molar-refractivity contribution in [1.82, 2.24) is 0 Å². The van der Waals surface area contributed by atoms with Crippen LogP contribution in [0.1, 0.15) is 10.4 Å². The standard InChI is InChI=1S/C10H8ClNOS2/c11-8-3-1-7(2-4-8)9(13)12-10-14-5-6-15-10/h1-4H,5-6H2. The van der Waals surface area contributed by atoms with E-state index in [9.17, 15) is 4.79 Å². The highest BCUT2D eigenvalue weighted by molar-refractivity contribution is 8.41. The maximum atomic E-state index is 11.7. The summed E-state index contributed by atoms with van der Waals surface area (Å²) in [7, 11) is 0. The first-order valence-corrected chi connectivity index (χ1v) is 6.75. The summed E-state index contributed by atoms with van der Waals surface area (Å²) in [5.41, 5.74) is 0.583. The van der Waals surface area contributed by atoms with Crippen molar-refractivity contribution in [3.63, 3.8) is 0 Å². The number of hydrogen-bond acceptors (Lipinski definition) is 3. The third-order valence-electron chi connectivity index (χ3n) is 1.82. The fourth-order valence-electron chi connectivity index (χ4n) is 1.10. The number of carbonyl (C=O) groups excluding carboxylic acids is 1. The van der Waals surface area contributed by atoms with Crippen LogP contribution in [-0.2, 0) is 0 Å². The molecule has 1 aliphatic rings. The molecule has 1 heterocycles. The predicted octanol–water partition coefficient (Wildman–Crippen LogP) is 3.32. The molecule has 5 heteroatoms. The molecular formula is C10H8ClNOS2. The number of amides is 1. The van der Waals surface area contributed by atoms with Gasteiger partial charge in [-0.1, -0.05) is 35.1 Å². The van der Waals surface area contributed by atoms with Crippen LogP contribution >= 0.6 is 35.1 Å². The number of benzene rings is 1. The lowest BCUT2D eigenvalue weighted by molar-refractivity contribution is 0.100. The average molecular weight is 258 g/mol. The van der Waals surface area contributed by atoms with Crippen LogP contribution in [0, 0.1) is 0 Å². The molecule has 1 amide bonds. The number of carbonyl (C=O) groups is 1. The minimum atomic E-state index is -0.191. The molecule has 0 aliphatic carbocycles. The molecule has 0 spiro atoms. The normalized spacial score (nSPS) is 15.4. The highest BCUT2D eigenvalue weighted by atomic mass is 35.5. The summed E-state index contributed by atoms with van der Waals surface area (Å²) in [5, 5.41) is 0.629. The molecule has 1 aromatic carbocycles. The first kappa shape index (κ1) is 11.0. The number of aliphatic imine (C=N–C) groups is 1. The van der Waals surface area contributed by atoms with Crippen LogP contribution in [0.2, 0.25) is 5.02 Å². The Kier molecular flexibility index (Phi) is 3.72. The number of hydrogen-bond donors (Lipinski definition) is 0. The first-order chi connectivity index (χ1) is 7.25. The highest BCUT2D eigenvalue weighted by Crippen LogP contribution is 2.26. The monoisotopic (exact) mass is 257 g/mol. The topological polar surface area (TPSA) is 29.4 Å². The van der Waals surface area contributed by atoms with Crippen LogP contribution < -0.4 is 0 Å². The van der Waals surface area contributed by atoms with Crippen molar-refractivity contribution in [3.05, 3.63) is 34.9 Å². The molecule has 0 radical (unpaired) electrons. The number of halogens is 1. The van der Waals surface area contributed by atoms with Crippen molar-refractivity contribution in [2.75, 3.05) is 11.5 Å². The van der Waals surface area contributed by atoms with E-state index in [0.29, 0.717) is 10.6 Å². The molecule has 15 heavy (non-hydrogen) atoms. The fourth-order valence-corrected chi connectivity index (χ4v) is 3.37. The lowest BCUT2D eigenvalue weighted by Gasteiger charge is -1.96. The third-order valence-corrected chi connectivity index (χ3v) is 4.53. The molecule has 1 aromatic rings. The van der Waals surface area contributed by atoms with E-state index in [1.807, 2.05) is 0 Å². The van der Waals surface area contributed by atoms with Crippen molar-refractivity contribution in [2.24, 2.45) is 4.99 Å². The van der Waals surface area contributed by atoms with E-state index in [4.69, 9.17) is 11.6 Å². The van der Waals surface area contributed by atoms with Crippen molar-refractivity contribution in [1.29, 1.82) is 0 Å². The minimum absolute atomic E-state index is 0.191. The zero-order chi connectivity index (χ0) is 10.7. The SMILES string of the molecule is O=C(N=C1SCCS1)c1ccc(Cl)cc1. The summed E-state index contributed by atoms with van der Waals surface area (Å²) in [6.45, 7) is 0. The van der Waals surface area contributed by atoms with Gasteiger partial charge in [-0.15, -0.1) is 0 Å². The van der Waals surface area contributed by atoms with Crippen molar-refractivity contribution in [2.45, 2.75) is 0 Å². The van der Waals surface area contributed by atoms with Crippen molar-refractivity contribution in [3.8, 4) is 0 Å². The van der Waals surface area contributed by atoms with Crippen LogP contribution in [0.3, 0.4) is 0 Å². The van der Waals surface area contributed by atoms with Gasteiger partial charge in [0.2, 0.25) is 0 Å². The number of thioether (sulfide) groups is 2. The Hall–Kier alpha value is -0.450. The van der Waals surface area contributed by atoms with Gasteiger partial charge in [0.05, 0.1) is 0 Å². The van der Waals surface area contributed by atoms with E-state index in [2.05, 4.69) is 4.99 Å². The van der Waals surface area contributed by atoms with Gasteiger partial charge in [-0.25, -0.2) is 0 Å². The minimum Gasteiger partial charge on any atom is -0.267 e. The molecule has 1 fully saturated rings. The van der Waals surface area contributed by atoms with Gasteiger partial charge < -0.3 is 0 Å². The lowest BCUT2D eigenvalue weighted by Crippen LogP contribution is -1.96. The number of nitrogens with zero attached hydrogens (tertiary/aromatic N) is 1. The molecule has 0 saturated carbocycles. The summed E-state index contributed by atoms with van der Waals surface area (Å²) in [6.07, 6.45) is 0. The van der Waals surface area contributed by atoms with Gasteiger partial charge >= 0.3 is 0 Å². The largest absolute Gasteiger partial charge is 0.278 e. The number of rotatable bonds is 1. The Morgan fingerprint density at radius 1 is 1.20 bits per heavy atom. The second kappa shape index (κ2) is 5.05. The maximum Gasteiger partial charge on any atom is 0.278 e. The van der Waals surface area contributed by atoms with Crippen LogP contribution in [0.15, 0.2) is 29.3 Å². The quantitative estimate of drug-likeness (QED) is 0.773. The van der Waals surface area contributed by atoms with E-state index < -0.39 is 0 Å². The molecule has 1 aliphatic heterocycles. The Morgan fingerprint density at radius 3 is 2.40 bits per heavy atom. The summed E-state index contributed by atoms with van der Waals surface area (Å²) in [5.74, 6) is 1.89. The van der Waals surface area contributed by atoms with Crippen molar-refractivity contribution >= 4 is 45.4 Å². The first-order valence-electron chi connectivity index (χ1n) is 4.40. The summed E-state index contributed by atoms with van der Waals surface area (Å²) in [6, 6.07) is 6.78. The van der Waals surface area contributed by atoms with Gasteiger partial charge in [0.25, 0.3) is 5.91 Å². The molecule has 2 nitrogen and oxygen atoms in total. The van der Waals surface area contributed by atoms with Gasteiger partial charge in [0, 0.05) is 22.1 Å². The van der Waals surface area contributed by atoms with E-state index in [1.165, 1.54) is 0 Å². The summed E-state index contributed by atoms with van der Waals surface area (Å²) >= 11 is 9.00. The highest BCUT2D eigenvalue weighted by Gasteiger charge is 2.12. The van der Waals surface area contributed by atoms with E-state index in [0.717, 1.165) is 15.9 Å². The lowest BCUT2D eigenvalue weighted by atomic mass is 10.2. The predicted molar refractivity (Wildman–Crippen MR) is 68.1 cm³/mol. The van der Waals surface area contributed by atoms with E-state index in [1.54, 1.807) is 47.8 Å². The zero-order valence-corrected chi connectivity index (χ0v) is 10.2. The molecule has 0 bridgehead atoms. The molecular weight excluding hydrogens is 250 g/mol. The molecule has 1 saturated heterocycles. The molecule has 0 N–H and O–H groups in total. The van der Waals surface area contributed by atoms with Crippen LogP contribution in [-0.4, -0.2) is 21.8 Å².